The number of rotatable bonds is 7. The third-order valence-corrected chi connectivity index (χ3v) is 6.14. The molecule has 0 bridgehead atoms. The first-order chi connectivity index (χ1) is 14.6. The fraction of sp³-hybridized carbons (Fsp3) is 0.308. The van der Waals surface area contributed by atoms with E-state index in [0.717, 1.165) is 50.4 Å². The van der Waals surface area contributed by atoms with E-state index in [4.69, 9.17) is 11.5 Å². The number of hydrogen-bond acceptors (Lipinski definition) is 4. The first-order valence-corrected chi connectivity index (χ1v) is 11.0. The summed E-state index contributed by atoms with van der Waals surface area (Å²) in [6.07, 6.45) is 6.19. The van der Waals surface area contributed by atoms with Gasteiger partial charge in [0.2, 0.25) is 0 Å². The van der Waals surface area contributed by atoms with Gasteiger partial charge in [-0.15, -0.1) is 48.0 Å². The summed E-state index contributed by atoms with van der Waals surface area (Å²) in [6, 6.07) is 16.9. The Morgan fingerprint density at radius 2 is 1.66 bits per heavy atom. The molecule has 2 aromatic carbocycles. The molecule has 0 saturated carbocycles. The Bertz CT molecular complexity index is 1100. The van der Waals surface area contributed by atoms with Gasteiger partial charge in [0, 0.05) is 28.8 Å². The highest BCUT2D eigenvalue weighted by Crippen LogP contribution is 2.32. The average Bonchev–Trinajstić information content (AvgIpc) is 2.77. The van der Waals surface area contributed by atoms with Crippen LogP contribution < -0.4 is 21.9 Å². The van der Waals surface area contributed by atoms with Crippen molar-refractivity contribution in [1.29, 1.82) is 0 Å². The van der Waals surface area contributed by atoms with Crippen molar-refractivity contribution in [1.82, 2.24) is 9.80 Å². The Morgan fingerprint density at radius 1 is 0.938 bits per heavy atom. The van der Waals surface area contributed by atoms with Gasteiger partial charge in [0.25, 0.3) is 0 Å². The van der Waals surface area contributed by atoms with E-state index in [9.17, 15) is 0 Å². The Morgan fingerprint density at radius 3 is 2.34 bits per heavy atom. The molecule has 1 heterocycles. The van der Waals surface area contributed by atoms with Crippen molar-refractivity contribution in [2.75, 3.05) is 31.9 Å². The molecule has 6 heteroatoms. The Labute approximate surface area is 225 Å². The smallest absolute Gasteiger partial charge is 0.0564 e. The molecule has 0 atom stereocenters. The van der Waals surface area contributed by atoms with Crippen molar-refractivity contribution >= 4 is 64.9 Å². The second kappa shape index (κ2) is 12.1. The van der Waals surface area contributed by atoms with Gasteiger partial charge < -0.3 is 21.3 Å². The van der Waals surface area contributed by atoms with Crippen LogP contribution in [0.5, 0.6) is 0 Å². The maximum absolute atomic E-state index is 6.26. The van der Waals surface area contributed by atoms with E-state index in [1.165, 1.54) is 33.0 Å². The van der Waals surface area contributed by atoms with Crippen LogP contribution in [0.4, 0.5) is 5.69 Å². The van der Waals surface area contributed by atoms with Gasteiger partial charge in [0.15, 0.2) is 0 Å². The zero-order chi connectivity index (χ0) is 21.1. The minimum Gasteiger partial charge on any atom is -0.399 e. The molecule has 0 amide bonds. The molecule has 0 fully saturated rings. The van der Waals surface area contributed by atoms with Crippen molar-refractivity contribution in [2.24, 2.45) is 5.73 Å². The summed E-state index contributed by atoms with van der Waals surface area (Å²) in [5.74, 6) is 0. The van der Waals surface area contributed by atoms with E-state index >= 15 is 0 Å². The van der Waals surface area contributed by atoms with Gasteiger partial charge in [-0.05, 0) is 67.0 Å². The summed E-state index contributed by atoms with van der Waals surface area (Å²) >= 11 is 0. The van der Waals surface area contributed by atoms with Gasteiger partial charge >= 0.3 is 0 Å². The molecule has 32 heavy (non-hydrogen) atoms. The Balaban J connectivity index is 0.00000181. The molecule has 0 aromatic heterocycles. The van der Waals surface area contributed by atoms with Crippen LogP contribution in [0.2, 0.25) is 0 Å². The topological polar surface area (TPSA) is 58.5 Å². The number of nitrogens with two attached hydrogens (primary N) is 2. The van der Waals surface area contributed by atoms with Crippen molar-refractivity contribution in [2.45, 2.75) is 26.7 Å². The maximum Gasteiger partial charge on any atom is 0.0564 e. The predicted molar refractivity (Wildman–Crippen MR) is 157 cm³/mol. The number of allylic oxidation sites excluding steroid dienone is 3. The van der Waals surface area contributed by atoms with Crippen molar-refractivity contribution < 1.29 is 0 Å². The summed E-state index contributed by atoms with van der Waals surface area (Å²) in [4.78, 5) is 4.95. The minimum atomic E-state index is 0. The number of nitrogen functional groups attached to an aromatic ring is 1. The molecule has 4 rings (SSSR count). The van der Waals surface area contributed by atoms with Crippen LogP contribution >= 0.6 is 48.0 Å². The maximum atomic E-state index is 6.26. The quantitative estimate of drug-likeness (QED) is 0.350. The van der Waals surface area contributed by atoms with Crippen molar-refractivity contribution in [3.63, 3.8) is 0 Å². The number of hydrogen-bond donors (Lipinski definition) is 2. The van der Waals surface area contributed by atoms with Crippen LogP contribution in [-0.4, -0.2) is 36.0 Å². The number of anilines is 1. The van der Waals surface area contributed by atoms with Crippen LogP contribution in [0, 0.1) is 0 Å². The molecule has 2 aliphatic rings. The van der Waals surface area contributed by atoms with Gasteiger partial charge in [-0.3, -0.25) is 0 Å². The fourth-order valence-corrected chi connectivity index (χ4v) is 4.54. The fourth-order valence-electron chi connectivity index (χ4n) is 4.54. The van der Waals surface area contributed by atoms with Gasteiger partial charge in [-0.25, -0.2) is 0 Å². The van der Waals surface area contributed by atoms with E-state index in [0.29, 0.717) is 0 Å². The molecule has 2 aromatic rings. The molecule has 0 saturated heterocycles. The van der Waals surface area contributed by atoms with E-state index < -0.39 is 0 Å². The largest absolute Gasteiger partial charge is 0.399 e. The molecule has 4 N–H and O–H groups in total. The lowest BCUT2D eigenvalue weighted by molar-refractivity contribution is 0.288. The second-order valence-electron chi connectivity index (χ2n) is 7.97. The Kier molecular flexibility index (Phi) is 10.1. The van der Waals surface area contributed by atoms with Crippen LogP contribution in [-0.2, 0) is 0 Å². The lowest BCUT2D eigenvalue weighted by Gasteiger charge is -2.36. The van der Waals surface area contributed by atoms with Gasteiger partial charge in [0.05, 0.1) is 5.70 Å². The molecule has 0 radical (unpaired) electrons. The second-order valence-corrected chi connectivity index (χ2v) is 7.97. The SMILES string of the molecule is CCN(CC)CCCN1C2=CC(N)=CCC2=c2ccc(N)cc2=C1c1ccccc1.I.I. The lowest BCUT2D eigenvalue weighted by atomic mass is 9.91. The van der Waals surface area contributed by atoms with E-state index in [-0.39, 0.29) is 48.0 Å². The number of fused-ring (bicyclic) bond motifs is 2. The zero-order valence-corrected chi connectivity index (χ0v) is 23.5. The number of benzene rings is 2. The third kappa shape index (κ3) is 5.51. The highest BCUT2D eigenvalue weighted by Gasteiger charge is 2.26. The van der Waals surface area contributed by atoms with Gasteiger partial charge in [0.1, 0.15) is 0 Å². The molecule has 0 unspecified atom stereocenters. The van der Waals surface area contributed by atoms with Crippen LogP contribution in [0.15, 0.2) is 72.1 Å². The standard InChI is InChI=1S/C26H32N4.2HI/c1-3-29(4-2)15-8-16-30-25-18-21(28)12-14-23(25)22-13-11-20(27)17-24(22)26(30)19-9-6-5-7-10-19;;/h5-7,9-13,17-18H,3-4,8,14-16,27-28H2,1-2H3;2*1H. The van der Waals surface area contributed by atoms with Crippen LogP contribution in [0.3, 0.4) is 0 Å². The Hall–Kier alpha value is -1.52. The average molecular weight is 656 g/mol. The summed E-state index contributed by atoms with van der Waals surface area (Å²) in [6.45, 7) is 8.65. The number of halogens is 2. The summed E-state index contributed by atoms with van der Waals surface area (Å²) < 4.78 is 0. The molecule has 172 valence electrons. The molecule has 4 nitrogen and oxygen atoms in total. The van der Waals surface area contributed by atoms with Crippen molar-refractivity contribution in [3.05, 3.63) is 88.1 Å². The normalized spacial score (nSPS) is 14.7. The summed E-state index contributed by atoms with van der Waals surface area (Å²) in [7, 11) is 0. The van der Waals surface area contributed by atoms with Crippen LogP contribution in [0.25, 0.3) is 11.3 Å². The first-order valence-electron chi connectivity index (χ1n) is 11.0. The van der Waals surface area contributed by atoms with Gasteiger partial charge in [-0.2, -0.15) is 0 Å². The molecular weight excluding hydrogens is 622 g/mol. The summed E-state index contributed by atoms with van der Waals surface area (Å²) in [5.41, 5.74) is 19.1. The predicted octanol–water partition coefficient (Wildman–Crippen LogP) is 3.99. The van der Waals surface area contributed by atoms with Crippen molar-refractivity contribution in [3.8, 4) is 0 Å². The monoisotopic (exact) mass is 656 g/mol. The van der Waals surface area contributed by atoms with Gasteiger partial charge in [-0.1, -0.05) is 56.3 Å². The zero-order valence-electron chi connectivity index (χ0n) is 18.9. The lowest BCUT2D eigenvalue weighted by Crippen LogP contribution is -2.43. The van der Waals surface area contributed by atoms with E-state index in [2.05, 4.69) is 78.3 Å². The molecule has 0 spiro atoms. The highest BCUT2D eigenvalue weighted by molar-refractivity contribution is 14.0. The van der Waals surface area contributed by atoms with E-state index in [1.54, 1.807) is 0 Å². The molecular formula is C26H34I2N4. The van der Waals surface area contributed by atoms with Crippen LogP contribution in [0.1, 0.15) is 32.3 Å². The highest BCUT2D eigenvalue weighted by atomic mass is 127. The number of nitrogens with zero attached hydrogens (tertiary/aromatic N) is 2. The molecule has 1 aliphatic heterocycles. The minimum absolute atomic E-state index is 0. The first kappa shape index (κ1) is 26.7. The third-order valence-electron chi connectivity index (χ3n) is 6.14. The molecule has 1 aliphatic carbocycles. The summed E-state index contributed by atoms with van der Waals surface area (Å²) in [5, 5.41) is 2.48. The van der Waals surface area contributed by atoms with E-state index in [1.807, 2.05) is 6.07 Å².